The number of carbonyl (C=O) groups is 2. The first-order valence-corrected chi connectivity index (χ1v) is 7.44. The summed E-state index contributed by atoms with van der Waals surface area (Å²) in [4.78, 5) is 23.3. The lowest BCUT2D eigenvalue weighted by Crippen LogP contribution is -2.38. The Bertz CT molecular complexity index is 306. The van der Waals surface area contributed by atoms with E-state index in [1.54, 1.807) is 0 Å². The zero-order valence-electron chi connectivity index (χ0n) is 12.7. The summed E-state index contributed by atoms with van der Waals surface area (Å²) in [6.45, 7) is 0.671. The number of methoxy groups -OCH3 is 1. The highest BCUT2D eigenvalue weighted by Gasteiger charge is 2.16. The van der Waals surface area contributed by atoms with Crippen LogP contribution in [0.4, 0.5) is 0 Å². The number of rotatable bonds is 8. The van der Waals surface area contributed by atoms with Gasteiger partial charge in [0.05, 0.1) is 12.5 Å². The van der Waals surface area contributed by atoms with Crippen molar-refractivity contribution in [2.24, 2.45) is 5.73 Å². The zero-order valence-corrected chi connectivity index (χ0v) is 13.5. The second-order valence-corrected chi connectivity index (χ2v) is 5.30. The van der Waals surface area contributed by atoms with Crippen LogP contribution in [0.5, 0.6) is 0 Å². The van der Waals surface area contributed by atoms with E-state index in [2.05, 4.69) is 10.6 Å². The molecule has 0 heterocycles. The summed E-state index contributed by atoms with van der Waals surface area (Å²) in [5.74, 6) is -0.118. The van der Waals surface area contributed by atoms with Crippen molar-refractivity contribution in [1.29, 1.82) is 0 Å². The zero-order chi connectivity index (χ0) is 14.8. The number of halogens is 1. The molecular formula is C14H28ClN3O3. The summed E-state index contributed by atoms with van der Waals surface area (Å²) in [6, 6.07) is 0.321. The minimum atomic E-state index is -0.258. The highest BCUT2D eigenvalue weighted by atomic mass is 35.5. The molecule has 0 saturated heterocycles. The fourth-order valence-corrected chi connectivity index (χ4v) is 2.40. The van der Waals surface area contributed by atoms with Gasteiger partial charge in [0, 0.05) is 32.7 Å². The molecule has 4 N–H and O–H groups in total. The molecule has 0 aliphatic heterocycles. The summed E-state index contributed by atoms with van der Waals surface area (Å²) >= 11 is 0. The predicted octanol–water partition coefficient (Wildman–Crippen LogP) is 0.727. The van der Waals surface area contributed by atoms with E-state index in [4.69, 9.17) is 10.5 Å². The summed E-state index contributed by atoms with van der Waals surface area (Å²) in [6.07, 6.45) is 6.10. The molecule has 6 nitrogen and oxygen atoms in total. The largest absolute Gasteiger partial charge is 0.380 e. The Morgan fingerprint density at radius 2 is 1.90 bits per heavy atom. The SMILES string of the molecule is COC(CN)CC(=O)NCCC(=O)NC1CCCCC1.Cl. The summed E-state index contributed by atoms with van der Waals surface area (Å²) < 4.78 is 5.03. The third-order valence-corrected chi connectivity index (χ3v) is 3.65. The number of hydrogen-bond acceptors (Lipinski definition) is 4. The van der Waals surface area contributed by atoms with Crippen LogP contribution in [0.15, 0.2) is 0 Å². The number of nitrogens with one attached hydrogen (secondary N) is 2. The molecule has 1 atom stereocenters. The molecule has 21 heavy (non-hydrogen) atoms. The van der Waals surface area contributed by atoms with Crippen molar-refractivity contribution in [2.75, 3.05) is 20.2 Å². The van der Waals surface area contributed by atoms with E-state index in [0.717, 1.165) is 12.8 Å². The lowest BCUT2D eigenvalue weighted by atomic mass is 9.95. The van der Waals surface area contributed by atoms with Gasteiger partial charge >= 0.3 is 0 Å². The van der Waals surface area contributed by atoms with Gasteiger partial charge in [0.2, 0.25) is 11.8 Å². The number of nitrogens with two attached hydrogens (primary N) is 1. The van der Waals surface area contributed by atoms with Crippen molar-refractivity contribution in [3.8, 4) is 0 Å². The standard InChI is InChI=1S/C14H27N3O3.ClH/c1-20-12(10-15)9-14(19)16-8-7-13(18)17-11-5-3-2-4-6-11;/h11-12H,2-10,15H2,1H3,(H,16,19)(H,17,18);1H. The Kier molecular flexibility index (Phi) is 11.3. The van der Waals surface area contributed by atoms with Crippen molar-refractivity contribution < 1.29 is 14.3 Å². The number of carbonyl (C=O) groups excluding carboxylic acids is 2. The Morgan fingerprint density at radius 3 is 2.48 bits per heavy atom. The molecule has 0 aromatic rings. The molecule has 1 aliphatic carbocycles. The highest BCUT2D eigenvalue weighted by molar-refractivity contribution is 5.85. The molecular weight excluding hydrogens is 294 g/mol. The lowest BCUT2D eigenvalue weighted by Gasteiger charge is -2.22. The Balaban J connectivity index is 0.00000400. The van der Waals surface area contributed by atoms with Gasteiger partial charge in [-0.25, -0.2) is 0 Å². The lowest BCUT2D eigenvalue weighted by molar-refractivity contribution is -0.124. The molecule has 1 saturated carbocycles. The molecule has 0 aromatic carbocycles. The Hall–Kier alpha value is -0.850. The quantitative estimate of drug-likeness (QED) is 0.614. The minimum Gasteiger partial charge on any atom is -0.380 e. The van der Waals surface area contributed by atoms with E-state index in [9.17, 15) is 9.59 Å². The van der Waals surface area contributed by atoms with Gasteiger partial charge in [-0.2, -0.15) is 0 Å². The fraction of sp³-hybridized carbons (Fsp3) is 0.857. The average molecular weight is 322 g/mol. The van der Waals surface area contributed by atoms with E-state index in [1.165, 1.54) is 26.4 Å². The number of amides is 2. The Morgan fingerprint density at radius 1 is 1.24 bits per heavy atom. The highest BCUT2D eigenvalue weighted by Crippen LogP contribution is 2.17. The molecule has 0 aromatic heterocycles. The van der Waals surface area contributed by atoms with E-state index in [1.807, 2.05) is 0 Å². The van der Waals surface area contributed by atoms with Crippen LogP contribution in [0.3, 0.4) is 0 Å². The first-order chi connectivity index (χ1) is 9.65. The molecule has 0 radical (unpaired) electrons. The fourth-order valence-electron chi connectivity index (χ4n) is 2.40. The maximum absolute atomic E-state index is 11.7. The van der Waals surface area contributed by atoms with Crippen molar-refractivity contribution in [1.82, 2.24) is 10.6 Å². The van der Waals surface area contributed by atoms with Gasteiger partial charge in [-0.3, -0.25) is 9.59 Å². The summed E-state index contributed by atoms with van der Waals surface area (Å²) in [7, 11) is 1.53. The van der Waals surface area contributed by atoms with Crippen LogP contribution in [0.2, 0.25) is 0 Å². The van der Waals surface area contributed by atoms with Crippen molar-refractivity contribution in [3.05, 3.63) is 0 Å². The van der Waals surface area contributed by atoms with Crippen LogP contribution in [0.1, 0.15) is 44.9 Å². The predicted molar refractivity (Wildman–Crippen MR) is 84.4 cm³/mol. The first kappa shape index (κ1) is 20.1. The molecule has 1 unspecified atom stereocenters. The van der Waals surface area contributed by atoms with Crippen LogP contribution in [0.25, 0.3) is 0 Å². The first-order valence-electron chi connectivity index (χ1n) is 7.44. The van der Waals surface area contributed by atoms with Gasteiger partial charge in [-0.05, 0) is 12.8 Å². The topological polar surface area (TPSA) is 93.4 Å². The second-order valence-electron chi connectivity index (χ2n) is 5.30. The van der Waals surface area contributed by atoms with Gasteiger partial charge < -0.3 is 21.1 Å². The van der Waals surface area contributed by atoms with Gasteiger partial charge in [0.1, 0.15) is 0 Å². The van der Waals surface area contributed by atoms with Crippen molar-refractivity contribution in [3.63, 3.8) is 0 Å². The van der Waals surface area contributed by atoms with E-state index in [-0.39, 0.29) is 36.7 Å². The van der Waals surface area contributed by atoms with Gasteiger partial charge in [-0.15, -0.1) is 12.4 Å². The monoisotopic (exact) mass is 321 g/mol. The molecule has 7 heteroatoms. The number of ether oxygens (including phenoxy) is 1. The molecule has 124 valence electrons. The summed E-state index contributed by atoms with van der Waals surface area (Å²) in [5, 5.41) is 5.74. The smallest absolute Gasteiger partial charge is 0.222 e. The minimum absolute atomic E-state index is 0. The molecule has 1 aliphatic rings. The van der Waals surface area contributed by atoms with Crippen LogP contribution < -0.4 is 16.4 Å². The Labute approximate surface area is 133 Å². The van der Waals surface area contributed by atoms with Crippen molar-refractivity contribution >= 4 is 24.2 Å². The third kappa shape index (κ3) is 8.90. The van der Waals surface area contributed by atoms with Gasteiger partial charge in [0.25, 0.3) is 0 Å². The number of hydrogen-bond donors (Lipinski definition) is 3. The van der Waals surface area contributed by atoms with E-state index < -0.39 is 0 Å². The average Bonchev–Trinajstić information content (AvgIpc) is 2.45. The van der Waals surface area contributed by atoms with Gasteiger partial charge in [-0.1, -0.05) is 19.3 Å². The van der Waals surface area contributed by atoms with Crippen LogP contribution in [0, 0.1) is 0 Å². The maximum atomic E-state index is 11.7. The van der Waals surface area contributed by atoms with Crippen molar-refractivity contribution in [2.45, 2.75) is 57.1 Å². The van der Waals surface area contributed by atoms with Crippen LogP contribution >= 0.6 is 12.4 Å². The molecule has 2 amide bonds. The van der Waals surface area contributed by atoms with E-state index >= 15 is 0 Å². The maximum Gasteiger partial charge on any atom is 0.222 e. The molecule has 0 bridgehead atoms. The summed E-state index contributed by atoms with van der Waals surface area (Å²) in [5.41, 5.74) is 5.44. The van der Waals surface area contributed by atoms with Crippen LogP contribution in [-0.4, -0.2) is 44.2 Å². The molecule has 1 fully saturated rings. The van der Waals surface area contributed by atoms with E-state index in [0.29, 0.717) is 25.6 Å². The molecule has 1 rings (SSSR count). The molecule has 0 spiro atoms. The second kappa shape index (κ2) is 11.8. The third-order valence-electron chi connectivity index (χ3n) is 3.65. The van der Waals surface area contributed by atoms with Gasteiger partial charge in [0.15, 0.2) is 0 Å². The van der Waals surface area contributed by atoms with Crippen LogP contribution in [-0.2, 0) is 14.3 Å². The normalized spacial score (nSPS) is 16.7.